The summed E-state index contributed by atoms with van der Waals surface area (Å²) in [5.74, 6) is -0.949. The molecule has 0 aliphatic carbocycles. The van der Waals surface area contributed by atoms with Crippen molar-refractivity contribution in [3.63, 3.8) is 0 Å². The number of nitrogens with two attached hydrogens (primary N) is 2. The summed E-state index contributed by atoms with van der Waals surface area (Å²) < 4.78 is 15.4. The predicted molar refractivity (Wildman–Crippen MR) is 69.0 cm³/mol. The van der Waals surface area contributed by atoms with Crippen LogP contribution in [0.5, 0.6) is 0 Å². The number of hydrogen-bond donors (Lipinski definition) is 2. The maximum Gasteiger partial charge on any atom is 0.248 e. The summed E-state index contributed by atoms with van der Waals surface area (Å²) in [5, 5.41) is 0. The van der Waals surface area contributed by atoms with Crippen LogP contribution < -0.4 is 11.5 Å². The summed E-state index contributed by atoms with van der Waals surface area (Å²) in [6.07, 6.45) is 4.10. The van der Waals surface area contributed by atoms with Crippen LogP contribution in [0.15, 0.2) is 30.7 Å². The molecule has 100 valence electrons. The van der Waals surface area contributed by atoms with Gasteiger partial charge in [-0.25, -0.2) is 9.37 Å². The summed E-state index contributed by atoms with van der Waals surface area (Å²) >= 11 is 0. The molecule has 0 radical (unpaired) electrons. The van der Waals surface area contributed by atoms with Crippen molar-refractivity contribution in [3.05, 3.63) is 53.4 Å². The van der Waals surface area contributed by atoms with Crippen molar-refractivity contribution in [2.24, 2.45) is 11.5 Å². The molecule has 0 aliphatic heterocycles. The Kier molecular flexibility index (Phi) is 3.91. The fourth-order valence-corrected chi connectivity index (χ4v) is 1.82. The molecule has 0 unspecified atom stereocenters. The zero-order chi connectivity index (χ0) is 13.8. The smallest absolute Gasteiger partial charge is 0.248 e. The monoisotopic (exact) mass is 262 g/mol. The van der Waals surface area contributed by atoms with Crippen LogP contribution in [0.25, 0.3) is 0 Å². The van der Waals surface area contributed by atoms with Crippen molar-refractivity contribution in [2.45, 2.75) is 13.0 Å². The minimum Gasteiger partial charge on any atom is -0.366 e. The Morgan fingerprint density at radius 1 is 1.42 bits per heavy atom. The lowest BCUT2D eigenvalue weighted by molar-refractivity contribution is 0.1000. The third-order valence-electron chi connectivity index (χ3n) is 2.77. The predicted octanol–water partition coefficient (Wildman–Crippen LogP) is 0.671. The van der Waals surface area contributed by atoms with Gasteiger partial charge in [0, 0.05) is 23.7 Å². The molecule has 0 fully saturated rings. The molecule has 2 rings (SSSR count). The van der Waals surface area contributed by atoms with Crippen LogP contribution in [0, 0.1) is 5.82 Å². The van der Waals surface area contributed by atoms with Gasteiger partial charge in [-0.3, -0.25) is 4.79 Å². The zero-order valence-corrected chi connectivity index (χ0v) is 10.3. The van der Waals surface area contributed by atoms with Gasteiger partial charge in [0.2, 0.25) is 5.91 Å². The van der Waals surface area contributed by atoms with Gasteiger partial charge < -0.3 is 16.0 Å². The number of aromatic nitrogens is 2. The molecule has 0 saturated carbocycles. The lowest BCUT2D eigenvalue weighted by Crippen LogP contribution is -2.12. The molecule has 0 spiro atoms. The molecule has 6 heteroatoms. The molecule has 19 heavy (non-hydrogen) atoms. The van der Waals surface area contributed by atoms with Gasteiger partial charge in [0.05, 0.1) is 18.6 Å². The summed E-state index contributed by atoms with van der Waals surface area (Å²) in [6, 6.07) is 4.07. The normalized spacial score (nSPS) is 10.6. The third-order valence-corrected chi connectivity index (χ3v) is 2.77. The van der Waals surface area contributed by atoms with E-state index in [1.54, 1.807) is 10.9 Å². The van der Waals surface area contributed by atoms with Crippen molar-refractivity contribution in [1.82, 2.24) is 9.55 Å². The maximum absolute atomic E-state index is 13.7. The summed E-state index contributed by atoms with van der Waals surface area (Å²) in [7, 11) is 0. The van der Waals surface area contributed by atoms with Gasteiger partial charge in [0.15, 0.2) is 0 Å². The largest absolute Gasteiger partial charge is 0.366 e. The molecule has 0 saturated heterocycles. The van der Waals surface area contributed by atoms with Crippen LogP contribution in [-0.2, 0) is 13.0 Å². The molecule has 1 amide bonds. The number of carbonyl (C=O) groups is 1. The number of benzene rings is 1. The van der Waals surface area contributed by atoms with E-state index in [2.05, 4.69) is 4.98 Å². The summed E-state index contributed by atoms with van der Waals surface area (Å²) in [5.41, 5.74) is 12.2. The van der Waals surface area contributed by atoms with E-state index >= 15 is 0 Å². The fourth-order valence-electron chi connectivity index (χ4n) is 1.82. The minimum absolute atomic E-state index is 0.290. The molecule has 0 bridgehead atoms. The highest BCUT2D eigenvalue weighted by atomic mass is 19.1. The summed E-state index contributed by atoms with van der Waals surface area (Å²) in [6.45, 7) is 0.813. The van der Waals surface area contributed by atoms with Gasteiger partial charge in [-0.1, -0.05) is 0 Å². The van der Waals surface area contributed by atoms with E-state index in [9.17, 15) is 9.18 Å². The standard InChI is InChI=1S/C13H15FN4O/c14-12-2-1-9(13(16)19)5-10(12)6-18-7-11(3-4-15)17-8-18/h1-2,5,7-8H,3-4,6,15H2,(H2,16,19). The molecule has 5 nitrogen and oxygen atoms in total. The van der Waals surface area contributed by atoms with E-state index in [4.69, 9.17) is 11.5 Å². The first-order chi connectivity index (χ1) is 9.10. The van der Waals surface area contributed by atoms with Gasteiger partial charge >= 0.3 is 0 Å². The van der Waals surface area contributed by atoms with Gasteiger partial charge in [-0.05, 0) is 24.7 Å². The van der Waals surface area contributed by atoms with Crippen molar-refractivity contribution in [1.29, 1.82) is 0 Å². The second-order valence-electron chi connectivity index (χ2n) is 4.25. The highest BCUT2D eigenvalue weighted by Gasteiger charge is 2.08. The second kappa shape index (κ2) is 5.62. The molecule has 0 aliphatic rings. The molecule has 1 aromatic carbocycles. The summed E-state index contributed by atoms with van der Waals surface area (Å²) in [4.78, 5) is 15.2. The Morgan fingerprint density at radius 2 is 2.21 bits per heavy atom. The van der Waals surface area contributed by atoms with E-state index < -0.39 is 5.91 Å². The van der Waals surface area contributed by atoms with Crippen LogP contribution in [0.2, 0.25) is 0 Å². The van der Waals surface area contributed by atoms with E-state index in [1.807, 2.05) is 6.20 Å². The Hall–Kier alpha value is -2.21. The average molecular weight is 262 g/mol. The van der Waals surface area contributed by atoms with Crippen molar-refractivity contribution < 1.29 is 9.18 Å². The molecule has 1 heterocycles. The van der Waals surface area contributed by atoms with Gasteiger partial charge in [-0.2, -0.15) is 0 Å². The van der Waals surface area contributed by atoms with Crippen LogP contribution in [-0.4, -0.2) is 22.0 Å². The number of rotatable bonds is 5. The highest BCUT2D eigenvalue weighted by molar-refractivity contribution is 5.92. The van der Waals surface area contributed by atoms with Gasteiger partial charge in [0.1, 0.15) is 5.82 Å². The second-order valence-corrected chi connectivity index (χ2v) is 4.25. The number of halogens is 1. The van der Waals surface area contributed by atoms with Crippen LogP contribution in [0.3, 0.4) is 0 Å². The van der Waals surface area contributed by atoms with Crippen molar-refractivity contribution >= 4 is 5.91 Å². The third kappa shape index (κ3) is 3.17. The lowest BCUT2D eigenvalue weighted by atomic mass is 10.1. The number of amides is 1. The van der Waals surface area contributed by atoms with Crippen molar-refractivity contribution in [2.75, 3.05) is 6.54 Å². The highest BCUT2D eigenvalue weighted by Crippen LogP contribution is 2.12. The molecule has 2 aromatic rings. The maximum atomic E-state index is 13.7. The molecule has 1 aromatic heterocycles. The lowest BCUT2D eigenvalue weighted by Gasteiger charge is -2.05. The van der Waals surface area contributed by atoms with Crippen LogP contribution in [0.4, 0.5) is 4.39 Å². The first kappa shape index (κ1) is 13.2. The van der Waals surface area contributed by atoms with Gasteiger partial charge in [0.25, 0.3) is 0 Å². The Balaban J connectivity index is 2.21. The average Bonchev–Trinajstić information content (AvgIpc) is 2.80. The first-order valence-corrected chi connectivity index (χ1v) is 5.89. The van der Waals surface area contributed by atoms with Crippen LogP contribution >= 0.6 is 0 Å². The van der Waals surface area contributed by atoms with E-state index in [1.165, 1.54) is 18.2 Å². The molecular formula is C13H15FN4O. The number of nitrogens with zero attached hydrogens (tertiary/aromatic N) is 2. The minimum atomic E-state index is -0.573. The van der Waals surface area contributed by atoms with E-state index in [0.29, 0.717) is 30.6 Å². The number of carbonyl (C=O) groups excluding carboxylic acids is 1. The fraction of sp³-hybridized carbons (Fsp3) is 0.231. The zero-order valence-electron chi connectivity index (χ0n) is 10.3. The van der Waals surface area contributed by atoms with E-state index in [0.717, 1.165) is 5.69 Å². The first-order valence-electron chi connectivity index (χ1n) is 5.89. The molecule has 0 atom stereocenters. The molecular weight excluding hydrogens is 247 g/mol. The number of hydrogen-bond acceptors (Lipinski definition) is 3. The Labute approximate surface area is 110 Å². The Bertz CT molecular complexity index is 594. The Morgan fingerprint density at radius 3 is 2.89 bits per heavy atom. The SMILES string of the molecule is NCCc1cn(Cc2cc(C(N)=O)ccc2F)cn1. The van der Waals surface area contributed by atoms with Crippen molar-refractivity contribution in [3.8, 4) is 0 Å². The topological polar surface area (TPSA) is 86.9 Å². The number of imidazole rings is 1. The molecule has 4 N–H and O–H groups in total. The number of primary amides is 1. The van der Waals surface area contributed by atoms with E-state index in [-0.39, 0.29) is 5.82 Å². The quantitative estimate of drug-likeness (QED) is 0.830. The van der Waals surface area contributed by atoms with Crippen LogP contribution in [0.1, 0.15) is 21.6 Å². The van der Waals surface area contributed by atoms with Gasteiger partial charge in [-0.15, -0.1) is 0 Å².